The molecule has 2 heterocycles. The number of anilines is 3. The van der Waals surface area contributed by atoms with Gasteiger partial charge in [0.2, 0.25) is 0 Å². The summed E-state index contributed by atoms with van der Waals surface area (Å²) in [4.78, 5) is 13.0. The molecule has 238 valence electrons. The van der Waals surface area contributed by atoms with Crippen molar-refractivity contribution in [2.24, 2.45) is 0 Å². The summed E-state index contributed by atoms with van der Waals surface area (Å²) in [6, 6.07) is 9.77. The smallest absolute Gasteiger partial charge is 0.267 e. The highest BCUT2D eigenvalue weighted by molar-refractivity contribution is 7.93. The van der Waals surface area contributed by atoms with Crippen LogP contribution in [0.1, 0.15) is 88.3 Å². The van der Waals surface area contributed by atoms with Gasteiger partial charge in [0.1, 0.15) is 20.5 Å². The molecule has 1 amide bonds. The van der Waals surface area contributed by atoms with Crippen LogP contribution in [0.3, 0.4) is 0 Å². The minimum atomic E-state index is -4.11. The predicted octanol–water partition coefficient (Wildman–Crippen LogP) is 8.94. The van der Waals surface area contributed by atoms with E-state index in [2.05, 4.69) is 61.1 Å². The third kappa shape index (κ3) is 8.86. The first-order valence-corrected chi connectivity index (χ1v) is 17.5. The SMILES string of the molecule is CCCCc1cc(C)cc(C)c1N.CCCCc1cc(C)cc(C)c1NC(=O)c1sccc1S(=O)(=O)Nc1onc(C)c1Cl. The van der Waals surface area contributed by atoms with Gasteiger partial charge in [0.25, 0.3) is 21.8 Å². The molecule has 0 saturated heterocycles. The molecule has 44 heavy (non-hydrogen) atoms. The first kappa shape index (κ1) is 35.1. The number of sulfonamides is 1. The lowest BCUT2D eigenvalue weighted by atomic mass is 9.99. The molecule has 4 N–H and O–H groups in total. The highest BCUT2D eigenvalue weighted by Gasteiger charge is 2.27. The number of carbonyl (C=O) groups is 1. The fourth-order valence-electron chi connectivity index (χ4n) is 4.88. The van der Waals surface area contributed by atoms with Crippen molar-refractivity contribution in [1.82, 2.24) is 5.16 Å². The van der Waals surface area contributed by atoms with Crippen LogP contribution >= 0.6 is 22.9 Å². The van der Waals surface area contributed by atoms with Crippen LogP contribution in [0.5, 0.6) is 0 Å². The number of amides is 1. The van der Waals surface area contributed by atoms with Crippen LogP contribution in [0, 0.1) is 34.6 Å². The minimum Gasteiger partial charge on any atom is -0.398 e. The monoisotopic (exact) mass is 658 g/mol. The van der Waals surface area contributed by atoms with E-state index >= 15 is 0 Å². The Bertz CT molecular complexity index is 1710. The molecular formula is C33H43ClN4O4S2. The van der Waals surface area contributed by atoms with E-state index in [1.807, 2.05) is 19.9 Å². The van der Waals surface area contributed by atoms with Crippen molar-refractivity contribution in [2.75, 3.05) is 15.8 Å². The number of nitrogens with zero attached hydrogens (tertiary/aromatic N) is 1. The van der Waals surface area contributed by atoms with E-state index in [-0.39, 0.29) is 20.7 Å². The van der Waals surface area contributed by atoms with Crippen molar-refractivity contribution >= 4 is 56.1 Å². The summed E-state index contributed by atoms with van der Waals surface area (Å²) in [6.45, 7) is 14.1. The predicted molar refractivity (Wildman–Crippen MR) is 183 cm³/mol. The molecule has 0 aliphatic heterocycles. The Labute approximate surface area is 270 Å². The maximum Gasteiger partial charge on any atom is 0.267 e. The van der Waals surface area contributed by atoms with E-state index in [1.54, 1.807) is 12.3 Å². The number of unbranched alkanes of at least 4 members (excludes halogenated alkanes) is 2. The summed E-state index contributed by atoms with van der Waals surface area (Å²) in [5.74, 6) is -0.673. The summed E-state index contributed by atoms with van der Waals surface area (Å²) in [6.07, 6.45) is 6.42. The van der Waals surface area contributed by atoms with Gasteiger partial charge in [-0.1, -0.05) is 78.8 Å². The number of hydrogen-bond acceptors (Lipinski definition) is 7. The van der Waals surface area contributed by atoms with Gasteiger partial charge in [-0.05, 0) is 94.0 Å². The lowest BCUT2D eigenvalue weighted by Crippen LogP contribution is -2.19. The average Bonchev–Trinajstić information content (AvgIpc) is 3.58. The average molecular weight is 659 g/mol. The molecule has 0 spiro atoms. The van der Waals surface area contributed by atoms with Crippen LogP contribution < -0.4 is 15.8 Å². The normalized spacial score (nSPS) is 11.2. The van der Waals surface area contributed by atoms with Gasteiger partial charge in [-0.15, -0.1) is 11.3 Å². The van der Waals surface area contributed by atoms with E-state index in [9.17, 15) is 13.2 Å². The fraction of sp³-hybridized carbons (Fsp3) is 0.394. The zero-order valence-electron chi connectivity index (χ0n) is 26.6. The van der Waals surface area contributed by atoms with E-state index in [0.717, 1.165) is 65.1 Å². The van der Waals surface area contributed by atoms with Gasteiger partial charge in [0.15, 0.2) is 0 Å². The maximum absolute atomic E-state index is 13.1. The van der Waals surface area contributed by atoms with Crippen LogP contribution in [-0.4, -0.2) is 19.5 Å². The third-order valence-electron chi connectivity index (χ3n) is 7.16. The molecule has 11 heteroatoms. The summed E-state index contributed by atoms with van der Waals surface area (Å²) < 4.78 is 33.0. The first-order valence-electron chi connectivity index (χ1n) is 14.8. The molecule has 2 aromatic heterocycles. The summed E-state index contributed by atoms with van der Waals surface area (Å²) in [7, 11) is -4.11. The zero-order valence-corrected chi connectivity index (χ0v) is 28.9. The van der Waals surface area contributed by atoms with Gasteiger partial charge in [-0.3, -0.25) is 4.79 Å². The number of aryl methyl sites for hydroxylation is 7. The third-order valence-corrected chi connectivity index (χ3v) is 10.0. The zero-order chi connectivity index (χ0) is 32.6. The summed E-state index contributed by atoms with van der Waals surface area (Å²) in [5, 5.41) is 8.18. The van der Waals surface area contributed by atoms with Crippen molar-refractivity contribution in [3.8, 4) is 0 Å². The number of hydrogen-bond donors (Lipinski definition) is 3. The summed E-state index contributed by atoms with van der Waals surface area (Å²) >= 11 is 7.06. The van der Waals surface area contributed by atoms with E-state index in [4.69, 9.17) is 21.9 Å². The Morgan fingerprint density at radius 2 is 1.55 bits per heavy atom. The van der Waals surface area contributed by atoms with Crippen LogP contribution in [0.2, 0.25) is 5.02 Å². The maximum atomic E-state index is 13.1. The minimum absolute atomic E-state index is 0.0700. The molecule has 8 nitrogen and oxygen atoms in total. The number of thiophene rings is 1. The number of benzene rings is 2. The fourth-order valence-corrected chi connectivity index (χ4v) is 7.38. The van der Waals surface area contributed by atoms with Gasteiger partial charge in [-0.2, -0.15) is 0 Å². The summed E-state index contributed by atoms with van der Waals surface area (Å²) in [5.41, 5.74) is 15.0. The molecule has 0 unspecified atom stereocenters. The largest absolute Gasteiger partial charge is 0.398 e. The Kier molecular flexibility index (Phi) is 12.5. The molecule has 0 radical (unpaired) electrons. The van der Waals surface area contributed by atoms with Gasteiger partial charge in [-0.25, -0.2) is 13.1 Å². The first-order chi connectivity index (χ1) is 20.8. The van der Waals surface area contributed by atoms with Crippen molar-refractivity contribution in [1.29, 1.82) is 0 Å². The van der Waals surface area contributed by atoms with Crippen molar-refractivity contribution in [3.05, 3.63) is 84.7 Å². The molecule has 2 aromatic carbocycles. The number of rotatable bonds is 11. The Hall–Kier alpha value is -3.34. The van der Waals surface area contributed by atoms with E-state index in [1.165, 1.54) is 35.6 Å². The highest BCUT2D eigenvalue weighted by Crippen LogP contribution is 2.31. The molecule has 0 fully saturated rings. The number of halogens is 1. The van der Waals surface area contributed by atoms with Crippen molar-refractivity contribution in [3.63, 3.8) is 0 Å². The Balaban J connectivity index is 0.000000340. The van der Waals surface area contributed by atoms with Gasteiger partial charge in [0.05, 0.1) is 0 Å². The number of nitrogens with one attached hydrogen (secondary N) is 2. The number of carbonyl (C=O) groups excluding carboxylic acids is 1. The van der Waals surface area contributed by atoms with Crippen LogP contribution in [0.25, 0.3) is 0 Å². The second-order valence-corrected chi connectivity index (χ2v) is 14.0. The standard InChI is InChI=1S/C21H24ClN3O4S2.C12H19N/c1-5-6-7-15-11-12(2)10-13(3)18(15)23-20(26)19-16(8-9-30-19)31(27,28)25-21-17(22)14(4)24-29-21;1-4-5-6-11-8-9(2)7-10(3)12(11)13/h8-11,25H,5-7H2,1-4H3,(H,23,26);7-8H,4-6,13H2,1-3H3. The second kappa shape index (κ2) is 15.6. The molecule has 0 atom stereocenters. The number of nitrogen functional groups attached to an aromatic ring is 1. The molecule has 0 aliphatic rings. The molecule has 0 bridgehead atoms. The van der Waals surface area contributed by atoms with Gasteiger partial charge in [0, 0.05) is 11.4 Å². The van der Waals surface area contributed by atoms with E-state index in [0.29, 0.717) is 5.69 Å². The van der Waals surface area contributed by atoms with Crippen LogP contribution in [0.15, 0.2) is 45.1 Å². The highest BCUT2D eigenvalue weighted by atomic mass is 35.5. The lowest BCUT2D eigenvalue weighted by molar-refractivity contribution is 0.102. The van der Waals surface area contributed by atoms with Crippen molar-refractivity contribution in [2.45, 2.75) is 91.9 Å². The van der Waals surface area contributed by atoms with Crippen LogP contribution in [0.4, 0.5) is 17.3 Å². The molecular weight excluding hydrogens is 616 g/mol. The Morgan fingerprint density at radius 3 is 2.14 bits per heavy atom. The molecule has 0 saturated carbocycles. The van der Waals surface area contributed by atoms with Gasteiger partial charge < -0.3 is 15.6 Å². The number of nitrogens with two attached hydrogens (primary N) is 1. The van der Waals surface area contributed by atoms with Crippen molar-refractivity contribution < 1.29 is 17.7 Å². The van der Waals surface area contributed by atoms with E-state index < -0.39 is 15.9 Å². The molecule has 4 aromatic rings. The topological polar surface area (TPSA) is 127 Å². The van der Waals surface area contributed by atoms with Gasteiger partial charge >= 0.3 is 0 Å². The lowest BCUT2D eigenvalue weighted by Gasteiger charge is -2.15. The number of aromatic nitrogens is 1. The second-order valence-electron chi connectivity index (χ2n) is 11.1. The molecule has 4 rings (SSSR count). The van der Waals surface area contributed by atoms with Crippen LogP contribution in [-0.2, 0) is 22.9 Å². The molecule has 0 aliphatic carbocycles. The Morgan fingerprint density at radius 1 is 0.955 bits per heavy atom. The quantitative estimate of drug-likeness (QED) is 0.138.